The van der Waals surface area contributed by atoms with E-state index in [1.807, 2.05) is 40.9 Å². The van der Waals surface area contributed by atoms with Crippen LogP contribution in [0.3, 0.4) is 0 Å². The van der Waals surface area contributed by atoms with Crippen LogP contribution in [0.4, 0.5) is 0 Å². The normalized spacial score (nSPS) is 12.6. The third kappa shape index (κ3) is 2.40. The fourth-order valence-corrected chi connectivity index (χ4v) is 3.21. The molecule has 0 fully saturated rings. The van der Waals surface area contributed by atoms with Gasteiger partial charge in [0.1, 0.15) is 5.75 Å². The highest BCUT2D eigenvalue weighted by molar-refractivity contribution is 7.80. The molecule has 0 saturated heterocycles. The van der Waals surface area contributed by atoms with Crippen LogP contribution in [0.1, 0.15) is 0 Å². The summed E-state index contributed by atoms with van der Waals surface area (Å²) in [5.41, 5.74) is 9.15. The molecular weight excluding hydrogens is 291 g/mol. The van der Waals surface area contributed by atoms with Crippen molar-refractivity contribution in [1.82, 2.24) is 4.34 Å². The van der Waals surface area contributed by atoms with Crippen LogP contribution in [-0.2, 0) is 0 Å². The average molecular weight is 305 g/mol. The summed E-state index contributed by atoms with van der Waals surface area (Å²) in [4.78, 5) is 0. The number of aromatic nitrogens is 1. The average Bonchev–Trinajstić information content (AvgIpc) is 2.90. The molecule has 0 spiro atoms. The van der Waals surface area contributed by atoms with E-state index in [2.05, 4.69) is 18.2 Å². The highest BCUT2D eigenvalue weighted by Crippen LogP contribution is 2.38. The van der Waals surface area contributed by atoms with Crippen molar-refractivity contribution in [3.8, 4) is 16.9 Å². The van der Waals surface area contributed by atoms with Crippen molar-refractivity contribution < 1.29 is 4.74 Å². The molecule has 3 rings (SSSR count). The molecule has 3 nitrogen and oxygen atoms in total. The molecule has 0 aliphatic heterocycles. The van der Waals surface area contributed by atoms with Crippen LogP contribution >= 0.6 is 18.8 Å². The van der Waals surface area contributed by atoms with Crippen molar-refractivity contribution in [2.24, 2.45) is 5.50 Å². The first kappa shape index (κ1) is 13.4. The van der Waals surface area contributed by atoms with E-state index < -0.39 is 7.58 Å². The molecule has 1 unspecified atom stereocenters. The lowest BCUT2D eigenvalue weighted by atomic mass is 10.0. The molecule has 0 amide bonds. The molecule has 20 heavy (non-hydrogen) atoms. The van der Waals surface area contributed by atoms with Crippen molar-refractivity contribution in [2.75, 3.05) is 7.11 Å². The zero-order chi connectivity index (χ0) is 14.1. The SMILES string of the molecule is COc1ccc(-c2ccc3ccn(P(N)Cl)c3c2)cc1. The molecule has 5 heteroatoms. The van der Waals surface area contributed by atoms with Crippen LogP contribution in [0, 0.1) is 0 Å². The van der Waals surface area contributed by atoms with Crippen molar-refractivity contribution in [1.29, 1.82) is 0 Å². The molecule has 2 N–H and O–H groups in total. The number of hydrogen-bond donors (Lipinski definition) is 1. The first-order chi connectivity index (χ1) is 9.69. The van der Waals surface area contributed by atoms with Gasteiger partial charge in [-0.3, -0.25) is 5.50 Å². The number of nitrogens with two attached hydrogens (primary N) is 1. The molecule has 102 valence electrons. The Morgan fingerprint density at radius 2 is 1.75 bits per heavy atom. The van der Waals surface area contributed by atoms with Gasteiger partial charge in [0.2, 0.25) is 0 Å². The summed E-state index contributed by atoms with van der Waals surface area (Å²) in [5, 5.41) is 1.14. The Labute approximate surface area is 123 Å². The topological polar surface area (TPSA) is 40.2 Å². The summed E-state index contributed by atoms with van der Waals surface area (Å²) in [6.07, 6.45) is 1.93. The van der Waals surface area contributed by atoms with Gasteiger partial charge in [-0.25, -0.2) is 0 Å². The van der Waals surface area contributed by atoms with E-state index in [0.717, 1.165) is 27.8 Å². The van der Waals surface area contributed by atoms with E-state index in [9.17, 15) is 0 Å². The number of nitrogens with zero attached hydrogens (tertiary/aromatic N) is 1. The summed E-state index contributed by atoms with van der Waals surface area (Å²) >= 11 is 6.05. The predicted molar refractivity (Wildman–Crippen MR) is 86.3 cm³/mol. The third-order valence-corrected chi connectivity index (χ3v) is 4.55. The first-order valence-electron chi connectivity index (χ1n) is 6.15. The van der Waals surface area contributed by atoms with Gasteiger partial charge in [0.25, 0.3) is 0 Å². The van der Waals surface area contributed by atoms with Gasteiger partial charge in [-0.2, -0.15) is 0 Å². The number of rotatable bonds is 3. The maximum Gasteiger partial charge on any atom is 0.167 e. The number of ether oxygens (including phenoxy) is 1. The standard InChI is InChI=1S/C15H14ClN2OP/c1-19-14-6-4-11(5-7-14)13-3-2-12-8-9-18(20(16)17)15(12)10-13/h2-10H,17H2,1H3. The van der Waals surface area contributed by atoms with Crippen LogP contribution in [0.15, 0.2) is 54.7 Å². The summed E-state index contributed by atoms with van der Waals surface area (Å²) in [6.45, 7) is 0. The second kappa shape index (κ2) is 5.45. The van der Waals surface area contributed by atoms with Crippen molar-refractivity contribution in [3.05, 3.63) is 54.7 Å². The molecule has 1 atom stereocenters. The van der Waals surface area contributed by atoms with Gasteiger partial charge in [-0.05, 0) is 40.8 Å². The van der Waals surface area contributed by atoms with Crippen LogP contribution in [0.5, 0.6) is 5.75 Å². The van der Waals surface area contributed by atoms with Crippen molar-refractivity contribution >= 4 is 29.7 Å². The molecule has 0 aliphatic rings. The fraction of sp³-hybridized carbons (Fsp3) is 0.0667. The van der Waals surface area contributed by atoms with Gasteiger partial charge in [0, 0.05) is 6.20 Å². The molecule has 0 bridgehead atoms. The zero-order valence-corrected chi connectivity index (χ0v) is 12.6. The summed E-state index contributed by atoms with van der Waals surface area (Å²) < 4.78 is 7.09. The Morgan fingerprint density at radius 3 is 2.40 bits per heavy atom. The largest absolute Gasteiger partial charge is 0.497 e. The number of halogens is 1. The Kier molecular flexibility index (Phi) is 3.66. The van der Waals surface area contributed by atoms with Gasteiger partial charge < -0.3 is 9.07 Å². The Balaban J connectivity index is 2.08. The number of benzene rings is 2. The van der Waals surface area contributed by atoms with E-state index in [0.29, 0.717) is 0 Å². The molecule has 0 aliphatic carbocycles. The monoisotopic (exact) mass is 304 g/mol. The first-order valence-corrected chi connectivity index (χ1v) is 8.42. The number of hydrogen-bond acceptors (Lipinski definition) is 2. The predicted octanol–water partition coefficient (Wildman–Crippen LogP) is 4.59. The van der Waals surface area contributed by atoms with Crippen molar-refractivity contribution in [2.45, 2.75) is 0 Å². The maximum absolute atomic E-state index is 6.05. The van der Waals surface area contributed by atoms with E-state index in [-0.39, 0.29) is 0 Å². The van der Waals surface area contributed by atoms with Crippen LogP contribution in [0.25, 0.3) is 22.0 Å². The minimum absolute atomic E-state index is 0.851. The van der Waals surface area contributed by atoms with Gasteiger partial charge in [0.15, 0.2) is 7.58 Å². The van der Waals surface area contributed by atoms with E-state index in [4.69, 9.17) is 21.5 Å². The maximum atomic E-state index is 6.05. The zero-order valence-electron chi connectivity index (χ0n) is 11.0. The lowest BCUT2D eigenvalue weighted by molar-refractivity contribution is 0.415. The summed E-state index contributed by atoms with van der Waals surface area (Å²) in [5.74, 6) is 0.851. The molecule has 0 saturated carbocycles. The van der Waals surface area contributed by atoms with Gasteiger partial charge in [0.05, 0.1) is 12.6 Å². The highest BCUT2D eigenvalue weighted by atomic mass is 35.7. The summed E-state index contributed by atoms with van der Waals surface area (Å²) in [6, 6.07) is 16.3. The van der Waals surface area contributed by atoms with E-state index >= 15 is 0 Å². The van der Waals surface area contributed by atoms with Gasteiger partial charge in [-0.15, -0.1) is 0 Å². The summed E-state index contributed by atoms with van der Waals surface area (Å²) in [7, 11) is 0.486. The van der Waals surface area contributed by atoms with Crippen LogP contribution < -0.4 is 10.2 Å². The third-order valence-electron chi connectivity index (χ3n) is 3.30. The number of methoxy groups -OCH3 is 1. The molecule has 3 aromatic rings. The lowest BCUT2D eigenvalue weighted by Gasteiger charge is -2.08. The second-order valence-electron chi connectivity index (χ2n) is 4.45. The minimum Gasteiger partial charge on any atom is -0.497 e. The minimum atomic E-state index is -1.18. The van der Waals surface area contributed by atoms with Gasteiger partial charge in [-0.1, -0.05) is 35.5 Å². The smallest absolute Gasteiger partial charge is 0.167 e. The Morgan fingerprint density at radius 1 is 1.05 bits per heavy atom. The Hall–Kier alpha value is -1.54. The van der Waals surface area contributed by atoms with Crippen LogP contribution in [0.2, 0.25) is 0 Å². The van der Waals surface area contributed by atoms with Crippen molar-refractivity contribution in [3.63, 3.8) is 0 Å². The highest BCUT2D eigenvalue weighted by Gasteiger charge is 2.08. The molecular formula is C15H14ClN2OP. The molecule has 0 radical (unpaired) electrons. The Bertz CT molecular complexity index is 737. The van der Waals surface area contributed by atoms with E-state index in [1.54, 1.807) is 7.11 Å². The molecule has 1 aromatic heterocycles. The molecule has 2 aromatic carbocycles. The number of fused-ring (bicyclic) bond motifs is 1. The quantitative estimate of drug-likeness (QED) is 0.719. The molecule has 1 heterocycles. The van der Waals surface area contributed by atoms with E-state index in [1.165, 1.54) is 0 Å². The fourth-order valence-electron chi connectivity index (χ4n) is 2.24. The second-order valence-corrected chi connectivity index (χ2v) is 6.50. The lowest BCUT2D eigenvalue weighted by Crippen LogP contribution is -1.92. The van der Waals surface area contributed by atoms with Gasteiger partial charge >= 0.3 is 0 Å². The van der Waals surface area contributed by atoms with Crippen LogP contribution in [-0.4, -0.2) is 11.4 Å².